The molecule has 1 amide bonds. The number of aromatic nitrogens is 1. The van der Waals surface area contributed by atoms with Crippen molar-refractivity contribution in [2.24, 2.45) is 0 Å². The smallest absolute Gasteiger partial charge is 0.348 e. The lowest BCUT2D eigenvalue weighted by Gasteiger charge is -2.15. The fourth-order valence-electron chi connectivity index (χ4n) is 2.12. The van der Waals surface area contributed by atoms with Gasteiger partial charge in [-0.3, -0.25) is 9.59 Å². The Hall–Kier alpha value is -2.64. The molecule has 1 N–H and O–H groups in total. The van der Waals surface area contributed by atoms with Gasteiger partial charge in [-0.15, -0.1) is 0 Å². The third-order valence-electron chi connectivity index (χ3n) is 3.35. The Morgan fingerprint density at radius 1 is 1.25 bits per heavy atom. The van der Waals surface area contributed by atoms with Crippen LogP contribution in [0.5, 0.6) is 0 Å². The summed E-state index contributed by atoms with van der Waals surface area (Å²) >= 11 is 0. The molecule has 1 aromatic carbocycles. The second kappa shape index (κ2) is 6.86. The lowest BCUT2D eigenvalue weighted by molar-refractivity contribution is -0.138. The topological polar surface area (TPSA) is 51.1 Å². The average molecular weight is 342 g/mol. The Bertz CT molecular complexity index is 799. The Morgan fingerprint density at radius 2 is 1.96 bits per heavy atom. The summed E-state index contributed by atoms with van der Waals surface area (Å²) in [5.41, 5.74) is -1.25. The average Bonchev–Trinajstić information content (AvgIpc) is 2.48. The first-order valence-corrected chi connectivity index (χ1v) is 6.99. The summed E-state index contributed by atoms with van der Waals surface area (Å²) in [5, 5.41) is 2.51. The van der Waals surface area contributed by atoms with E-state index in [1.807, 2.05) is 0 Å². The van der Waals surface area contributed by atoms with Crippen LogP contribution in [0.2, 0.25) is 0 Å². The first-order valence-electron chi connectivity index (χ1n) is 6.99. The Kier molecular flexibility index (Phi) is 5.06. The van der Waals surface area contributed by atoms with Crippen molar-refractivity contribution in [1.29, 1.82) is 0 Å². The molecule has 0 aliphatic heterocycles. The lowest BCUT2D eigenvalue weighted by atomic mass is 10.1. The molecule has 128 valence electrons. The van der Waals surface area contributed by atoms with Crippen LogP contribution in [0.25, 0.3) is 0 Å². The van der Waals surface area contributed by atoms with Gasteiger partial charge in [0.25, 0.3) is 5.56 Å². The van der Waals surface area contributed by atoms with Gasteiger partial charge in [0.05, 0.1) is 11.6 Å². The number of carbonyl (C=O) groups is 1. The molecular formula is C16H14F4N2O2. The van der Waals surface area contributed by atoms with Gasteiger partial charge in [-0.1, -0.05) is 12.1 Å². The molecule has 0 saturated heterocycles. The molecule has 2 aromatic rings. The number of nitrogens with one attached hydrogen (secondary N) is 1. The molecule has 4 nitrogen and oxygen atoms in total. The van der Waals surface area contributed by atoms with Crippen molar-refractivity contribution in [2.45, 2.75) is 25.7 Å². The quantitative estimate of drug-likeness (QED) is 0.869. The number of hydrogen-bond donors (Lipinski definition) is 1. The second-order valence-corrected chi connectivity index (χ2v) is 5.23. The van der Waals surface area contributed by atoms with E-state index in [2.05, 4.69) is 5.32 Å². The summed E-state index contributed by atoms with van der Waals surface area (Å²) in [6, 6.07) is 6.42. The molecule has 1 atom stereocenters. The molecule has 1 heterocycles. The molecule has 0 aliphatic rings. The van der Waals surface area contributed by atoms with Crippen LogP contribution in [0.15, 0.2) is 47.4 Å². The zero-order chi connectivity index (χ0) is 17.9. The number of hydrogen-bond acceptors (Lipinski definition) is 2. The monoisotopic (exact) mass is 342 g/mol. The molecule has 1 unspecified atom stereocenters. The number of carbonyl (C=O) groups excluding carboxylic acids is 1. The van der Waals surface area contributed by atoms with Gasteiger partial charge >= 0.3 is 6.18 Å². The van der Waals surface area contributed by atoms with E-state index in [4.69, 9.17) is 0 Å². The van der Waals surface area contributed by atoms with Crippen LogP contribution in [0, 0.1) is 5.82 Å². The summed E-state index contributed by atoms with van der Waals surface area (Å²) in [7, 11) is 0. The fourth-order valence-corrected chi connectivity index (χ4v) is 2.12. The van der Waals surface area contributed by atoms with Gasteiger partial charge < -0.3 is 9.88 Å². The first kappa shape index (κ1) is 17.7. The van der Waals surface area contributed by atoms with Gasteiger partial charge in [-0.25, -0.2) is 4.39 Å². The summed E-state index contributed by atoms with van der Waals surface area (Å²) in [6.07, 6.45) is -4.02. The van der Waals surface area contributed by atoms with Crippen molar-refractivity contribution in [3.8, 4) is 0 Å². The molecule has 1 aromatic heterocycles. The number of halogens is 4. The molecule has 0 saturated carbocycles. The minimum atomic E-state index is -4.61. The molecule has 0 bridgehead atoms. The Balaban J connectivity index is 2.11. The minimum absolute atomic E-state index is 0.470. The maximum Gasteiger partial charge on any atom is 0.417 e. The number of rotatable bonds is 4. The standard InChI is InChI=1S/C16H14F4N2O2/c1-10(11-3-2-4-13(17)7-11)21-14(23)9-22-8-12(16(18,19)20)5-6-15(22)24/h2-8,10H,9H2,1H3,(H,21,23). The van der Waals surface area contributed by atoms with E-state index >= 15 is 0 Å². The van der Waals surface area contributed by atoms with Gasteiger partial charge in [0.2, 0.25) is 5.91 Å². The highest BCUT2D eigenvalue weighted by Gasteiger charge is 2.31. The van der Waals surface area contributed by atoms with Crippen LogP contribution in [0.3, 0.4) is 0 Å². The minimum Gasteiger partial charge on any atom is -0.348 e. The van der Waals surface area contributed by atoms with Crippen LogP contribution < -0.4 is 10.9 Å². The third-order valence-corrected chi connectivity index (χ3v) is 3.35. The van der Waals surface area contributed by atoms with Crippen molar-refractivity contribution >= 4 is 5.91 Å². The maximum absolute atomic E-state index is 13.2. The van der Waals surface area contributed by atoms with E-state index < -0.39 is 41.6 Å². The molecule has 2 rings (SSSR count). The molecular weight excluding hydrogens is 328 g/mol. The van der Waals surface area contributed by atoms with E-state index in [1.165, 1.54) is 18.2 Å². The van der Waals surface area contributed by atoms with E-state index in [0.29, 0.717) is 22.4 Å². The van der Waals surface area contributed by atoms with E-state index in [-0.39, 0.29) is 0 Å². The molecule has 0 aliphatic carbocycles. The van der Waals surface area contributed by atoms with Gasteiger partial charge in [0.15, 0.2) is 0 Å². The Morgan fingerprint density at radius 3 is 2.58 bits per heavy atom. The van der Waals surface area contributed by atoms with Crippen LogP contribution in [0.4, 0.5) is 17.6 Å². The van der Waals surface area contributed by atoms with Gasteiger partial charge in [0.1, 0.15) is 12.4 Å². The molecule has 24 heavy (non-hydrogen) atoms. The lowest BCUT2D eigenvalue weighted by Crippen LogP contribution is -2.34. The normalized spacial score (nSPS) is 12.7. The van der Waals surface area contributed by atoms with Crippen molar-refractivity contribution in [3.63, 3.8) is 0 Å². The molecule has 0 radical (unpaired) electrons. The number of alkyl halides is 3. The van der Waals surface area contributed by atoms with E-state index in [9.17, 15) is 27.2 Å². The maximum atomic E-state index is 13.2. The van der Waals surface area contributed by atoms with Crippen LogP contribution in [-0.2, 0) is 17.5 Å². The van der Waals surface area contributed by atoms with Crippen LogP contribution in [0.1, 0.15) is 24.1 Å². The summed E-state index contributed by atoms with van der Waals surface area (Å²) in [4.78, 5) is 23.5. The summed E-state index contributed by atoms with van der Waals surface area (Å²) < 4.78 is 51.8. The molecule has 0 fully saturated rings. The van der Waals surface area contributed by atoms with Gasteiger partial charge in [0, 0.05) is 12.3 Å². The third kappa shape index (κ3) is 4.43. The zero-order valence-corrected chi connectivity index (χ0v) is 12.6. The molecule has 0 spiro atoms. The zero-order valence-electron chi connectivity index (χ0n) is 12.6. The Labute approximate surface area is 134 Å². The number of benzene rings is 1. The van der Waals surface area contributed by atoms with Crippen molar-refractivity contribution in [3.05, 3.63) is 69.9 Å². The predicted octanol–water partition coefficient (Wildman–Crippen LogP) is 2.88. The first-order chi connectivity index (χ1) is 11.2. The predicted molar refractivity (Wildman–Crippen MR) is 78.7 cm³/mol. The van der Waals surface area contributed by atoms with Gasteiger partial charge in [-0.05, 0) is 30.7 Å². The van der Waals surface area contributed by atoms with Crippen molar-refractivity contribution < 1.29 is 22.4 Å². The van der Waals surface area contributed by atoms with Gasteiger partial charge in [-0.2, -0.15) is 13.2 Å². The van der Waals surface area contributed by atoms with E-state index in [0.717, 1.165) is 6.07 Å². The van der Waals surface area contributed by atoms with Crippen LogP contribution >= 0.6 is 0 Å². The largest absolute Gasteiger partial charge is 0.417 e. The summed E-state index contributed by atoms with van der Waals surface area (Å²) in [6.45, 7) is 1.03. The van der Waals surface area contributed by atoms with E-state index in [1.54, 1.807) is 13.0 Å². The van der Waals surface area contributed by atoms with Crippen LogP contribution in [-0.4, -0.2) is 10.5 Å². The highest BCUT2D eigenvalue weighted by Crippen LogP contribution is 2.28. The second-order valence-electron chi connectivity index (χ2n) is 5.23. The number of amides is 1. The summed E-state index contributed by atoms with van der Waals surface area (Å²) in [5.74, 6) is -1.13. The molecule has 8 heteroatoms. The SMILES string of the molecule is CC(NC(=O)Cn1cc(C(F)(F)F)ccc1=O)c1cccc(F)c1. The fraction of sp³-hybridized carbons (Fsp3) is 0.250. The number of nitrogens with zero attached hydrogens (tertiary/aromatic N) is 1. The van der Waals surface area contributed by atoms with Crippen molar-refractivity contribution in [1.82, 2.24) is 9.88 Å². The van der Waals surface area contributed by atoms with Crippen molar-refractivity contribution in [2.75, 3.05) is 0 Å². The number of pyridine rings is 1. The highest BCUT2D eigenvalue weighted by atomic mass is 19.4. The highest BCUT2D eigenvalue weighted by molar-refractivity contribution is 5.76.